The smallest absolute Gasteiger partial charge is 0.305 e. The molecule has 0 saturated carbocycles. The van der Waals surface area contributed by atoms with Gasteiger partial charge >= 0.3 is 20.1 Å². The molecule has 0 aliphatic carbocycles. The molecule has 0 aliphatic rings. The maximum absolute atomic E-state index is 4.93. The van der Waals surface area contributed by atoms with E-state index in [1.807, 2.05) is 59.7 Å². The first kappa shape index (κ1) is 51.3. The molecule has 0 bridgehead atoms. The summed E-state index contributed by atoms with van der Waals surface area (Å²) in [6.07, 6.45) is 5.63. The number of hydrogen-bond acceptors (Lipinski definition) is 3. The quantitative estimate of drug-likeness (QED) is 0.115. The summed E-state index contributed by atoms with van der Waals surface area (Å²) in [5.74, 6) is 0. The van der Waals surface area contributed by atoms with Gasteiger partial charge in [-0.1, -0.05) is 228 Å². The number of rotatable bonds is 12. The molecule has 14 rings (SSSR count). The number of aromatic nitrogens is 4. The first-order valence-corrected chi connectivity index (χ1v) is 27.2. The van der Waals surface area contributed by atoms with Crippen molar-refractivity contribution < 1.29 is 20.1 Å². The maximum Gasteiger partial charge on any atom is 3.00 e. The van der Waals surface area contributed by atoms with Crippen LogP contribution in [0.25, 0.3) is 139 Å². The van der Waals surface area contributed by atoms with Crippen molar-refractivity contribution in [2.45, 2.75) is 0 Å². The standard InChI is InChI=1S/C77H49N4.Ir/c1-3-17-53(18-4-1)55-30-32-58(33-31-55)74-50-61(76-51-60(44-46-79-76)54-19-5-2-6-20-54)40-43-73(74)72-27-13-12-26-71(72)65-48-63(69-24-10-8-22-67(69)56-34-36-59(37-35-56)75-28-15-16-45-78-75)47-64(49-65)70-25-11-9-23-68(70)57-38-41-66(42-39-57)81-77-29-14-7-21-62(77)52-80-81;/h1-36,38-39,41,43-52H;/q-3;+3. The molecule has 0 radical (unpaired) electrons. The van der Waals surface area contributed by atoms with Gasteiger partial charge in [-0.25, -0.2) is 0 Å². The van der Waals surface area contributed by atoms with Crippen molar-refractivity contribution in [2.24, 2.45) is 0 Å². The molecular formula is C77H49IrN4. The van der Waals surface area contributed by atoms with Crippen LogP contribution < -0.4 is 0 Å². The van der Waals surface area contributed by atoms with Gasteiger partial charge in [0.05, 0.1) is 11.7 Å². The van der Waals surface area contributed by atoms with Gasteiger partial charge in [-0.3, -0.25) is 4.68 Å². The molecule has 5 heteroatoms. The van der Waals surface area contributed by atoms with Gasteiger partial charge in [-0.15, -0.1) is 65.2 Å². The van der Waals surface area contributed by atoms with Crippen molar-refractivity contribution in [3.63, 3.8) is 0 Å². The van der Waals surface area contributed by atoms with Crippen molar-refractivity contribution in [1.29, 1.82) is 0 Å². The van der Waals surface area contributed by atoms with Crippen LogP contribution in [-0.2, 0) is 20.1 Å². The molecule has 0 aliphatic heterocycles. The molecule has 0 atom stereocenters. The minimum atomic E-state index is 0. The summed E-state index contributed by atoms with van der Waals surface area (Å²) in [4.78, 5) is 9.53. The summed E-state index contributed by atoms with van der Waals surface area (Å²) in [5, 5.41) is 5.82. The third-order valence-corrected chi connectivity index (χ3v) is 15.2. The Hall–Kier alpha value is -10.2. The Labute approximate surface area is 491 Å². The molecule has 0 spiro atoms. The zero-order valence-corrected chi connectivity index (χ0v) is 46.8. The molecule has 14 aromatic rings. The van der Waals surface area contributed by atoms with Crippen LogP contribution >= 0.6 is 0 Å². The van der Waals surface area contributed by atoms with Gasteiger partial charge in [0.1, 0.15) is 0 Å². The molecule has 3 heterocycles. The predicted octanol–water partition coefficient (Wildman–Crippen LogP) is 19.6. The fourth-order valence-electron chi connectivity index (χ4n) is 11.2. The van der Waals surface area contributed by atoms with Gasteiger partial charge < -0.3 is 9.97 Å². The summed E-state index contributed by atoms with van der Waals surface area (Å²) in [5.41, 5.74) is 25.4. The van der Waals surface area contributed by atoms with Gasteiger partial charge in [0.15, 0.2) is 0 Å². The van der Waals surface area contributed by atoms with E-state index in [-0.39, 0.29) is 20.1 Å². The predicted molar refractivity (Wildman–Crippen MR) is 333 cm³/mol. The number of pyridine rings is 2. The largest absolute Gasteiger partial charge is 3.00 e. The summed E-state index contributed by atoms with van der Waals surface area (Å²) < 4.78 is 1.95. The second kappa shape index (κ2) is 22.9. The number of para-hydroxylation sites is 1. The van der Waals surface area contributed by atoms with Crippen LogP contribution in [0.5, 0.6) is 0 Å². The van der Waals surface area contributed by atoms with Gasteiger partial charge in [0.2, 0.25) is 0 Å². The summed E-state index contributed by atoms with van der Waals surface area (Å²) in [6, 6.07) is 110. The second-order valence-corrected chi connectivity index (χ2v) is 20.1. The van der Waals surface area contributed by atoms with Gasteiger partial charge in [-0.2, -0.15) is 23.3 Å². The number of fused-ring (bicyclic) bond motifs is 1. The SMILES string of the molecule is [Ir+3].[c-]1cc(-c2ccccc2-c2cc(-c3ccccc3-c3c[c-]c(-n4ncc5ccccc54)cc3)cc(-c3ccccc3-c3c[c-]c(-c4cc(-c5ccccc5)ccn4)cc3-c3ccc(-c4ccccc4)cc3)c2)ccc1-c1ccccn1. The molecule has 0 amide bonds. The van der Waals surface area contributed by atoms with E-state index in [1.165, 1.54) is 5.56 Å². The third kappa shape index (κ3) is 10.2. The summed E-state index contributed by atoms with van der Waals surface area (Å²) in [7, 11) is 0. The Morgan fingerprint density at radius 1 is 0.280 bits per heavy atom. The van der Waals surface area contributed by atoms with Crippen molar-refractivity contribution in [3.05, 3.63) is 316 Å². The minimum absolute atomic E-state index is 0. The number of nitrogens with zero attached hydrogens (tertiary/aromatic N) is 4. The van der Waals surface area contributed by atoms with E-state index in [0.29, 0.717) is 0 Å². The molecule has 0 unspecified atom stereocenters. The first-order valence-electron chi connectivity index (χ1n) is 27.2. The van der Waals surface area contributed by atoms with Crippen LogP contribution in [0.15, 0.2) is 298 Å². The van der Waals surface area contributed by atoms with Gasteiger partial charge in [-0.05, 0) is 115 Å². The summed E-state index contributed by atoms with van der Waals surface area (Å²) >= 11 is 0. The van der Waals surface area contributed by atoms with Crippen LogP contribution in [0.4, 0.5) is 0 Å². The first-order chi connectivity index (χ1) is 40.1. The number of hydrogen-bond donors (Lipinski definition) is 0. The second-order valence-electron chi connectivity index (χ2n) is 20.1. The van der Waals surface area contributed by atoms with E-state index in [0.717, 1.165) is 134 Å². The van der Waals surface area contributed by atoms with Crippen LogP contribution in [0.1, 0.15) is 0 Å². The van der Waals surface area contributed by atoms with Crippen molar-refractivity contribution in [1.82, 2.24) is 19.7 Å². The topological polar surface area (TPSA) is 43.6 Å². The zero-order valence-electron chi connectivity index (χ0n) is 44.4. The third-order valence-electron chi connectivity index (χ3n) is 15.2. The van der Waals surface area contributed by atoms with Crippen LogP contribution in [0.3, 0.4) is 0 Å². The molecule has 0 fully saturated rings. The van der Waals surface area contributed by atoms with Gasteiger partial charge in [0.25, 0.3) is 0 Å². The molecule has 4 nitrogen and oxygen atoms in total. The van der Waals surface area contributed by atoms with Crippen LogP contribution in [-0.4, -0.2) is 19.7 Å². The Balaban J connectivity index is 0.00000631. The van der Waals surface area contributed by atoms with E-state index in [2.05, 4.69) is 266 Å². The molecule has 0 saturated heterocycles. The molecular weight excluding hydrogens is 1170 g/mol. The Morgan fingerprint density at radius 2 is 0.780 bits per heavy atom. The van der Waals surface area contributed by atoms with E-state index in [1.54, 1.807) is 0 Å². The normalized spacial score (nSPS) is 11.1. The Kier molecular flexibility index (Phi) is 14.3. The summed E-state index contributed by atoms with van der Waals surface area (Å²) in [6.45, 7) is 0. The Bertz CT molecular complexity index is 4540. The van der Waals surface area contributed by atoms with E-state index >= 15 is 0 Å². The van der Waals surface area contributed by atoms with Gasteiger partial charge in [0, 0.05) is 17.8 Å². The molecule has 0 N–H and O–H groups in total. The minimum Gasteiger partial charge on any atom is -0.305 e. The molecule has 82 heavy (non-hydrogen) atoms. The van der Waals surface area contributed by atoms with E-state index in [4.69, 9.17) is 10.1 Å². The van der Waals surface area contributed by atoms with E-state index < -0.39 is 0 Å². The molecule has 386 valence electrons. The fraction of sp³-hybridized carbons (Fsp3) is 0. The average Bonchev–Trinajstić information content (AvgIpc) is 4.06. The van der Waals surface area contributed by atoms with Crippen molar-refractivity contribution in [3.8, 4) is 128 Å². The molecule has 3 aromatic heterocycles. The monoisotopic (exact) mass is 1220 g/mol. The average molecular weight is 1220 g/mol. The van der Waals surface area contributed by atoms with E-state index in [9.17, 15) is 0 Å². The zero-order chi connectivity index (χ0) is 53.9. The maximum atomic E-state index is 4.93. The number of benzene rings is 11. The Morgan fingerprint density at radius 3 is 1.39 bits per heavy atom. The van der Waals surface area contributed by atoms with Crippen molar-refractivity contribution >= 4 is 10.9 Å². The fourth-order valence-corrected chi connectivity index (χ4v) is 11.2. The van der Waals surface area contributed by atoms with Crippen molar-refractivity contribution in [2.75, 3.05) is 0 Å². The van der Waals surface area contributed by atoms with Crippen LogP contribution in [0, 0.1) is 18.2 Å². The molecule has 11 aromatic carbocycles. The van der Waals surface area contributed by atoms with Crippen LogP contribution in [0.2, 0.25) is 0 Å².